The zero-order valence-electron chi connectivity index (χ0n) is 9.69. The monoisotopic (exact) mass is 239 g/mol. The van der Waals surface area contributed by atoms with Crippen LogP contribution in [0.1, 0.15) is 60.8 Å². The third kappa shape index (κ3) is 2.40. The van der Waals surface area contributed by atoms with Crippen LogP contribution in [0.15, 0.2) is 0 Å². The molecule has 5 heteroatoms. The van der Waals surface area contributed by atoms with Crippen molar-refractivity contribution in [2.75, 3.05) is 0 Å². The van der Waals surface area contributed by atoms with Crippen molar-refractivity contribution in [3.05, 3.63) is 10.6 Å². The Morgan fingerprint density at radius 1 is 1.44 bits per heavy atom. The normalized spacial score (nSPS) is 16.9. The Labute approximate surface area is 99.6 Å². The van der Waals surface area contributed by atoms with Crippen LogP contribution < -0.4 is 5.32 Å². The van der Waals surface area contributed by atoms with E-state index in [1.165, 1.54) is 24.4 Å². The lowest BCUT2D eigenvalue weighted by Crippen LogP contribution is -2.32. The number of nitrogens with zero attached hydrogens (tertiary/aromatic N) is 2. The highest BCUT2D eigenvalue weighted by Crippen LogP contribution is 2.22. The van der Waals surface area contributed by atoms with E-state index in [0.717, 1.165) is 18.5 Å². The van der Waals surface area contributed by atoms with Crippen LogP contribution in [0.5, 0.6) is 0 Å². The largest absolute Gasteiger partial charge is 0.349 e. The Kier molecular flexibility index (Phi) is 3.53. The van der Waals surface area contributed by atoms with Crippen LogP contribution in [0.25, 0.3) is 0 Å². The van der Waals surface area contributed by atoms with Crippen molar-refractivity contribution in [2.45, 2.75) is 51.5 Å². The lowest BCUT2D eigenvalue weighted by atomic mass is 10.1. The van der Waals surface area contributed by atoms with Gasteiger partial charge < -0.3 is 5.32 Å². The summed E-state index contributed by atoms with van der Waals surface area (Å²) in [6.07, 6.45) is 4.66. The quantitative estimate of drug-likeness (QED) is 0.880. The van der Waals surface area contributed by atoms with Gasteiger partial charge in [-0.15, -0.1) is 5.10 Å². The molecule has 16 heavy (non-hydrogen) atoms. The van der Waals surface area contributed by atoms with E-state index in [1.54, 1.807) is 0 Å². The highest BCUT2D eigenvalue weighted by atomic mass is 32.1. The molecule has 0 aromatic carbocycles. The Balaban J connectivity index is 2.05. The van der Waals surface area contributed by atoms with Crippen molar-refractivity contribution in [3.63, 3.8) is 0 Å². The van der Waals surface area contributed by atoms with E-state index in [4.69, 9.17) is 0 Å². The van der Waals surface area contributed by atoms with E-state index in [-0.39, 0.29) is 11.8 Å². The highest BCUT2D eigenvalue weighted by molar-refractivity contribution is 7.08. The van der Waals surface area contributed by atoms with E-state index in [9.17, 15) is 4.79 Å². The van der Waals surface area contributed by atoms with Crippen LogP contribution in [-0.4, -0.2) is 21.5 Å². The van der Waals surface area contributed by atoms with Crippen LogP contribution in [0.4, 0.5) is 0 Å². The molecule has 1 aromatic heterocycles. The third-order valence-corrected chi connectivity index (χ3v) is 3.70. The van der Waals surface area contributed by atoms with Crippen LogP contribution >= 0.6 is 11.5 Å². The van der Waals surface area contributed by atoms with Gasteiger partial charge in [0.1, 0.15) is 4.88 Å². The SMILES string of the molecule is CC(C)c1nnsc1C(=O)NC1CCCC1. The van der Waals surface area contributed by atoms with E-state index in [1.807, 2.05) is 13.8 Å². The van der Waals surface area contributed by atoms with Crippen molar-refractivity contribution in [1.29, 1.82) is 0 Å². The van der Waals surface area contributed by atoms with Gasteiger partial charge in [0.15, 0.2) is 0 Å². The van der Waals surface area contributed by atoms with Crippen LogP contribution in [-0.2, 0) is 0 Å². The molecule has 0 radical (unpaired) electrons. The van der Waals surface area contributed by atoms with Crippen molar-refractivity contribution in [3.8, 4) is 0 Å². The number of hydrogen-bond donors (Lipinski definition) is 1. The van der Waals surface area contributed by atoms with Gasteiger partial charge >= 0.3 is 0 Å². The van der Waals surface area contributed by atoms with E-state index >= 15 is 0 Å². The summed E-state index contributed by atoms with van der Waals surface area (Å²) in [4.78, 5) is 12.7. The zero-order valence-corrected chi connectivity index (χ0v) is 10.5. The fraction of sp³-hybridized carbons (Fsp3) is 0.727. The number of aromatic nitrogens is 2. The maximum atomic E-state index is 12.0. The molecule has 0 aliphatic heterocycles. The predicted molar refractivity (Wildman–Crippen MR) is 63.7 cm³/mol. The molecule has 0 unspecified atom stereocenters. The number of nitrogens with one attached hydrogen (secondary N) is 1. The summed E-state index contributed by atoms with van der Waals surface area (Å²) < 4.78 is 3.87. The van der Waals surface area contributed by atoms with E-state index in [2.05, 4.69) is 14.9 Å². The summed E-state index contributed by atoms with van der Waals surface area (Å²) in [6.45, 7) is 4.06. The van der Waals surface area contributed by atoms with Crippen molar-refractivity contribution in [2.24, 2.45) is 0 Å². The summed E-state index contributed by atoms with van der Waals surface area (Å²) >= 11 is 1.20. The first kappa shape index (κ1) is 11.5. The Morgan fingerprint density at radius 3 is 2.75 bits per heavy atom. The average Bonchev–Trinajstić information content (AvgIpc) is 2.86. The summed E-state index contributed by atoms with van der Waals surface area (Å²) in [7, 11) is 0. The number of carbonyl (C=O) groups is 1. The Morgan fingerprint density at radius 2 is 2.12 bits per heavy atom. The van der Waals surface area contributed by atoms with Gasteiger partial charge in [0.2, 0.25) is 0 Å². The second-order valence-electron chi connectivity index (χ2n) is 4.60. The van der Waals surface area contributed by atoms with Crippen LogP contribution in [0.3, 0.4) is 0 Å². The molecule has 1 amide bonds. The molecule has 0 saturated heterocycles. The molecule has 1 N–H and O–H groups in total. The molecule has 88 valence electrons. The zero-order chi connectivity index (χ0) is 11.5. The number of carbonyl (C=O) groups excluding carboxylic acids is 1. The average molecular weight is 239 g/mol. The van der Waals surface area contributed by atoms with Gasteiger partial charge in [0, 0.05) is 6.04 Å². The molecule has 0 spiro atoms. The first-order chi connectivity index (χ1) is 7.68. The van der Waals surface area contributed by atoms with Gasteiger partial charge in [-0.05, 0) is 30.3 Å². The van der Waals surface area contributed by atoms with Gasteiger partial charge in [-0.25, -0.2) is 0 Å². The molecule has 0 bridgehead atoms. The minimum Gasteiger partial charge on any atom is -0.349 e. The number of rotatable bonds is 3. The lowest BCUT2D eigenvalue weighted by Gasteiger charge is -2.11. The second-order valence-corrected chi connectivity index (χ2v) is 5.35. The lowest BCUT2D eigenvalue weighted by molar-refractivity contribution is 0.0940. The molecule has 2 rings (SSSR count). The molecule has 1 heterocycles. The Hall–Kier alpha value is -0.970. The maximum absolute atomic E-state index is 12.0. The number of hydrogen-bond acceptors (Lipinski definition) is 4. The molecule has 1 saturated carbocycles. The molecule has 1 aliphatic rings. The summed E-state index contributed by atoms with van der Waals surface area (Å²) in [5, 5.41) is 7.09. The van der Waals surface area contributed by atoms with E-state index in [0.29, 0.717) is 10.9 Å². The molecule has 1 aliphatic carbocycles. The molecule has 4 nitrogen and oxygen atoms in total. The summed E-state index contributed by atoms with van der Waals surface area (Å²) in [5.41, 5.74) is 0.820. The second kappa shape index (κ2) is 4.91. The van der Waals surface area contributed by atoms with Gasteiger partial charge in [0.25, 0.3) is 5.91 Å². The first-order valence-corrected chi connectivity index (χ1v) is 6.59. The van der Waals surface area contributed by atoms with Crippen molar-refractivity contribution < 1.29 is 4.79 Å². The van der Waals surface area contributed by atoms with Gasteiger partial charge in [-0.3, -0.25) is 4.79 Å². The first-order valence-electron chi connectivity index (χ1n) is 5.81. The topological polar surface area (TPSA) is 54.9 Å². The standard InChI is InChI=1S/C11H17N3OS/c1-7(2)9-10(16-14-13-9)11(15)12-8-5-3-4-6-8/h7-8H,3-6H2,1-2H3,(H,12,15). The highest BCUT2D eigenvalue weighted by Gasteiger charge is 2.22. The molecule has 0 atom stereocenters. The number of amides is 1. The fourth-order valence-corrected chi connectivity index (χ4v) is 2.78. The molecular weight excluding hydrogens is 222 g/mol. The van der Waals surface area contributed by atoms with Crippen LogP contribution in [0, 0.1) is 0 Å². The van der Waals surface area contributed by atoms with Crippen LogP contribution in [0.2, 0.25) is 0 Å². The molecule has 1 aromatic rings. The van der Waals surface area contributed by atoms with Gasteiger partial charge in [0.05, 0.1) is 5.69 Å². The van der Waals surface area contributed by atoms with Gasteiger partial charge in [-0.2, -0.15) is 0 Å². The van der Waals surface area contributed by atoms with Gasteiger partial charge in [-0.1, -0.05) is 31.2 Å². The fourth-order valence-electron chi connectivity index (χ4n) is 2.05. The minimum atomic E-state index is 0.00519. The molecular formula is C11H17N3OS. The molecule has 1 fully saturated rings. The summed E-state index contributed by atoms with van der Waals surface area (Å²) in [5.74, 6) is 0.258. The van der Waals surface area contributed by atoms with Crippen molar-refractivity contribution >= 4 is 17.4 Å². The Bertz CT molecular complexity index is 369. The summed E-state index contributed by atoms with van der Waals surface area (Å²) in [6, 6.07) is 0.356. The van der Waals surface area contributed by atoms with E-state index < -0.39 is 0 Å². The smallest absolute Gasteiger partial charge is 0.265 e. The maximum Gasteiger partial charge on any atom is 0.265 e. The predicted octanol–water partition coefficient (Wildman–Crippen LogP) is 2.33. The van der Waals surface area contributed by atoms with Crippen molar-refractivity contribution in [1.82, 2.24) is 14.9 Å². The minimum absolute atomic E-state index is 0.00519. The third-order valence-electron chi connectivity index (χ3n) is 2.96.